The van der Waals surface area contributed by atoms with Crippen LogP contribution in [-0.4, -0.2) is 34.9 Å². The second-order valence-corrected chi connectivity index (χ2v) is 21.8. The minimum absolute atomic E-state index is 0.0577. The number of aliphatic hydroxyl groups excluding tert-OH is 2. The van der Waals surface area contributed by atoms with Crippen LogP contribution < -0.4 is 5.32 Å². The Labute approximate surface area is 433 Å². The minimum atomic E-state index is -0.839. The van der Waals surface area contributed by atoms with Crippen LogP contribution in [0.1, 0.15) is 354 Å². The predicted molar refractivity (Wildman–Crippen MR) is 308 cm³/mol. The van der Waals surface area contributed by atoms with Gasteiger partial charge in [-0.2, -0.15) is 0 Å². The van der Waals surface area contributed by atoms with Gasteiger partial charge in [-0.1, -0.05) is 333 Å². The van der Waals surface area contributed by atoms with Gasteiger partial charge in [-0.25, -0.2) is 0 Å². The first-order valence-corrected chi connectivity index (χ1v) is 31.7. The lowest BCUT2D eigenvalue weighted by atomic mass is 10.0. The molecule has 2 atom stereocenters. The maximum absolute atomic E-state index is 12.5. The highest BCUT2D eigenvalue weighted by molar-refractivity contribution is 5.76. The SMILES string of the molecule is CCCCCCCCCCC/C=C\C/C=C\CCCCCCCCCCCCCCCCCCCC(=O)NC(CO)C(O)/C=C/CCCCCCCCCCCCCCCCCCCCCCCC. The van der Waals surface area contributed by atoms with Crippen LogP contribution in [0.4, 0.5) is 0 Å². The van der Waals surface area contributed by atoms with Crippen molar-refractivity contribution in [3.8, 4) is 0 Å². The van der Waals surface area contributed by atoms with Gasteiger partial charge in [0.2, 0.25) is 5.91 Å². The summed E-state index contributed by atoms with van der Waals surface area (Å²) in [6.07, 6.45) is 83.4. The summed E-state index contributed by atoms with van der Waals surface area (Å²) in [5.74, 6) is -0.0577. The number of aliphatic hydroxyl groups is 2. The zero-order valence-corrected chi connectivity index (χ0v) is 47.1. The summed E-state index contributed by atoms with van der Waals surface area (Å²) >= 11 is 0. The number of hydrogen-bond acceptors (Lipinski definition) is 3. The zero-order valence-electron chi connectivity index (χ0n) is 47.1. The summed E-state index contributed by atoms with van der Waals surface area (Å²) in [7, 11) is 0. The number of carbonyl (C=O) groups excluding carboxylic acids is 1. The third-order valence-corrected chi connectivity index (χ3v) is 14.9. The number of hydrogen-bond donors (Lipinski definition) is 3. The van der Waals surface area contributed by atoms with Crippen LogP contribution in [0.25, 0.3) is 0 Å². The van der Waals surface area contributed by atoms with Crippen LogP contribution in [0.15, 0.2) is 36.5 Å². The van der Waals surface area contributed by atoms with Gasteiger partial charge in [0, 0.05) is 6.42 Å². The van der Waals surface area contributed by atoms with Gasteiger partial charge >= 0.3 is 0 Å². The topological polar surface area (TPSA) is 69.6 Å². The number of carbonyl (C=O) groups is 1. The number of allylic oxidation sites excluding steroid dienone is 5. The molecule has 4 nitrogen and oxygen atoms in total. The molecule has 0 aromatic carbocycles. The van der Waals surface area contributed by atoms with Crippen molar-refractivity contribution in [2.24, 2.45) is 0 Å². The average molecular weight is 969 g/mol. The van der Waals surface area contributed by atoms with Gasteiger partial charge in [0.05, 0.1) is 18.8 Å². The molecule has 0 aliphatic rings. The van der Waals surface area contributed by atoms with Crippen molar-refractivity contribution in [3.05, 3.63) is 36.5 Å². The van der Waals surface area contributed by atoms with Crippen LogP contribution in [0, 0.1) is 0 Å². The van der Waals surface area contributed by atoms with Crippen molar-refractivity contribution in [1.82, 2.24) is 5.32 Å². The van der Waals surface area contributed by atoms with E-state index in [-0.39, 0.29) is 12.5 Å². The molecule has 4 heteroatoms. The molecule has 408 valence electrons. The zero-order chi connectivity index (χ0) is 49.9. The molecule has 0 radical (unpaired) electrons. The minimum Gasteiger partial charge on any atom is -0.394 e. The maximum Gasteiger partial charge on any atom is 0.220 e. The monoisotopic (exact) mass is 968 g/mol. The fraction of sp³-hybridized carbons (Fsp3) is 0.892. The van der Waals surface area contributed by atoms with E-state index < -0.39 is 12.1 Å². The molecule has 1 amide bonds. The smallest absolute Gasteiger partial charge is 0.220 e. The Morgan fingerprint density at radius 3 is 0.870 bits per heavy atom. The summed E-state index contributed by atoms with van der Waals surface area (Å²) in [6, 6.07) is -0.622. The van der Waals surface area contributed by atoms with Crippen LogP contribution in [0.5, 0.6) is 0 Å². The molecule has 69 heavy (non-hydrogen) atoms. The van der Waals surface area contributed by atoms with Crippen molar-refractivity contribution < 1.29 is 15.0 Å². The van der Waals surface area contributed by atoms with E-state index in [1.807, 2.05) is 6.08 Å². The molecule has 3 N–H and O–H groups in total. The van der Waals surface area contributed by atoms with Gasteiger partial charge in [0.15, 0.2) is 0 Å². The normalized spacial score (nSPS) is 12.9. The van der Waals surface area contributed by atoms with Crippen molar-refractivity contribution in [2.75, 3.05) is 6.61 Å². The van der Waals surface area contributed by atoms with Crippen LogP contribution in [0.3, 0.4) is 0 Å². The summed E-state index contributed by atoms with van der Waals surface area (Å²) in [5, 5.41) is 23.2. The number of nitrogens with one attached hydrogen (secondary N) is 1. The van der Waals surface area contributed by atoms with E-state index >= 15 is 0 Å². The predicted octanol–water partition coefficient (Wildman–Crippen LogP) is 21.2. The molecule has 0 aromatic rings. The van der Waals surface area contributed by atoms with E-state index in [1.54, 1.807) is 6.08 Å². The lowest BCUT2D eigenvalue weighted by Crippen LogP contribution is -2.45. The van der Waals surface area contributed by atoms with Gasteiger partial charge in [0.25, 0.3) is 0 Å². The Morgan fingerprint density at radius 1 is 0.348 bits per heavy atom. The first kappa shape index (κ1) is 67.6. The molecule has 0 heterocycles. The lowest BCUT2D eigenvalue weighted by Gasteiger charge is -2.20. The summed E-state index contributed by atoms with van der Waals surface area (Å²) in [5.41, 5.74) is 0. The summed E-state index contributed by atoms with van der Waals surface area (Å²) < 4.78 is 0. The fourth-order valence-corrected chi connectivity index (χ4v) is 10.0. The second kappa shape index (κ2) is 60.9. The first-order valence-electron chi connectivity index (χ1n) is 31.7. The van der Waals surface area contributed by atoms with Crippen LogP contribution in [0.2, 0.25) is 0 Å². The summed E-state index contributed by atoms with van der Waals surface area (Å²) in [6.45, 7) is 4.35. The third kappa shape index (κ3) is 57.4. The van der Waals surface area contributed by atoms with E-state index in [1.165, 1.54) is 302 Å². The van der Waals surface area contributed by atoms with Gasteiger partial charge in [-0.05, 0) is 51.4 Å². The highest BCUT2D eigenvalue weighted by Crippen LogP contribution is 2.18. The van der Waals surface area contributed by atoms with E-state index in [2.05, 4.69) is 43.5 Å². The summed E-state index contributed by atoms with van der Waals surface area (Å²) in [4.78, 5) is 12.5. The molecule has 0 rings (SSSR count). The molecule has 0 aliphatic heterocycles. The number of amides is 1. The molecule has 0 saturated carbocycles. The molecule has 0 aromatic heterocycles. The Bertz CT molecular complexity index is 1050. The van der Waals surface area contributed by atoms with Gasteiger partial charge in [-0.15, -0.1) is 0 Å². The van der Waals surface area contributed by atoms with Crippen LogP contribution in [-0.2, 0) is 4.79 Å². The highest BCUT2D eigenvalue weighted by atomic mass is 16.3. The maximum atomic E-state index is 12.5. The Kier molecular flexibility index (Phi) is 59.7. The van der Waals surface area contributed by atoms with Gasteiger partial charge in [-0.3, -0.25) is 4.79 Å². The Hall–Kier alpha value is -1.39. The quantitative estimate of drug-likeness (QED) is 0.0420. The lowest BCUT2D eigenvalue weighted by molar-refractivity contribution is -0.123. The van der Waals surface area contributed by atoms with E-state index in [0.717, 1.165) is 32.1 Å². The number of rotatable bonds is 59. The van der Waals surface area contributed by atoms with Gasteiger partial charge in [0.1, 0.15) is 0 Å². The molecule has 2 unspecified atom stereocenters. The largest absolute Gasteiger partial charge is 0.394 e. The molecular formula is C65H125NO3. The third-order valence-electron chi connectivity index (χ3n) is 14.9. The number of unbranched alkanes of at least 4 members (excludes halogenated alkanes) is 48. The van der Waals surface area contributed by atoms with Gasteiger partial charge < -0.3 is 15.5 Å². The van der Waals surface area contributed by atoms with Crippen molar-refractivity contribution >= 4 is 5.91 Å². The molecular weight excluding hydrogens is 843 g/mol. The molecule has 0 saturated heterocycles. The fourth-order valence-electron chi connectivity index (χ4n) is 10.0. The van der Waals surface area contributed by atoms with Crippen LogP contribution >= 0.6 is 0 Å². The average Bonchev–Trinajstić information content (AvgIpc) is 3.35. The highest BCUT2D eigenvalue weighted by Gasteiger charge is 2.18. The van der Waals surface area contributed by atoms with Crippen molar-refractivity contribution in [3.63, 3.8) is 0 Å². The van der Waals surface area contributed by atoms with E-state index in [0.29, 0.717) is 6.42 Å². The van der Waals surface area contributed by atoms with E-state index in [4.69, 9.17) is 0 Å². The molecule has 0 aliphatic carbocycles. The molecule has 0 fully saturated rings. The first-order chi connectivity index (χ1) is 34.2. The Morgan fingerprint density at radius 2 is 0.594 bits per heavy atom. The standard InChI is InChI=1S/C65H125NO3/c1-3-5-7-9-11-13-15-17-19-21-23-25-27-29-30-31-32-33-34-35-36-37-39-41-43-45-47-49-51-53-55-57-59-61-65(69)66-63(62-67)64(68)60-58-56-54-52-50-48-46-44-42-40-38-28-26-24-22-20-18-16-14-12-10-8-6-4-2/h23,25,29-30,58,60,63-64,67-68H,3-22,24,26-28,31-57,59,61-62H2,1-2H3,(H,66,69)/b25-23-,30-29-,60-58+. The van der Waals surface area contributed by atoms with Crippen molar-refractivity contribution in [1.29, 1.82) is 0 Å². The Balaban J connectivity index is 3.45. The van der Waals surface area contributed by atoms with Crippen molar-refractivity contribution in [2.45, 2.75) is 366 Å². The molecule has 0 bridgehead atoms. The molecule has 0 spiro atoms. The second-order valence-electron chi connectivity index (χ2n) is 21.8. The van der Waals surface area contributed by atoms with E-state index in [9.17, 15) is 15.0 Å².